The monoisotopic (exact) mass is 227 g/mol. The van der Waals surface area contributed by atoms with E-state index in [1.54, 1.807) is 0 Å². The third-order valence-electron chi connectivity index (χ3n) is 3.76. The fourth-order valence-corrected chi connectivity index (χ4v) is 2.84. The van der Waals surface area contributed by atoms with E-state index in [9.17, 15) is 10.1 Å². The lowest BCUT2D eigenvalue weighted by atomic mass is 9.65. The lowest BCUT2D eigenvalue weighted by Crippen LogP contribution is -2.31. The van der Waals surface area contributed by atoms with Crippen molar-refractivity contribution in [1.29, 1.82) is 5.26 Å². The first-order chi connectivity index (χ1) is 8.15. The minimum Gasteiger partial charge on any atom is -0.300 e. The molecule has 2 unspecified atom stereocenters. The molecule has 0 bridgehead atoms. The van der Waals surface area contributed by atoms with Crippen LogP contribution in [0, 0.1) is 16.7 Å². The predicted octanol–water partition coefficient (Wildman–Crippen LogP) is 3.44. The number of carbonyl (C=O) groups is 1. The Bertz CT molecular complexity index is 446. The van der Waals surface area contributed by atoms with E-state index >= 15 is 0 Å². The van der Waals surface area contributed by atoms with Crippen molar-refractivity contribution in [2.45, 2.75) is 38.5 Å². The summed E-state index contributed by atoms with van der Waals surface area (Å²) in [5.74, 6) is 0.128. The van der Waals surface area contributed by atoms with Gasteiger partial charge in [-0.1, -0.05) is 37.3 Å². The van der Waals surface area contributed by atoms with Crippen LogP contribution in [-0.2, 0) is 4.79 Å². The molecule has 2 atom stereocenters. The normalized spacial score (nSPS) is 26.2. The molecule has 0 N–H and O–H groups in total. The van der Waals surface area contributed by atoms with E-state index in [4.69, 9.17) is 0 Å². The van der Waals surface area contributed by atoms with E-state index in [-0.39, 0.29) is 11.3 Å². The number of ketones is 1. The van der Waals surface area contributed by atoms with Gasteiger partial charge in [-0.25, -0.2) is 0 Å². The van der Waals surface area contributed by atoms with Gasteiger partial charge in [0.05, 0.1) is 12.0 Å². The highest BCUT2D eigenvalue weighted by molar-refractivity contribution is 5.80. The fraction of sp³-hybridized carbons (Fsp3) is 0.467. The van der Waals surface area contributed by atoms with Gasteiger partial charge in [0.25, 0.3) is 0 Å². The minimum atomic E-state index is -0.189. The minimum absolute atomic E-state index is 0.173. The number of benzene rings is 1. The van der Waals surface area contributed by atoms with E-state index in [0.29, 0.717) is 18.6 Å². The van der Waals surface area contributed by atoms with Crippen molar-refractivity contribution in [3.63, 3.8) is 0 Å². The summed E-state index contributed by atoms with van der Waals surface area (Å²) in [5.41, 5.74) is 0.845. The van der Waals surface area contributed by atoms with Crippen molar-refractivity contribution >= 4 is 5.78 Å². The molecule has 0 radical (unpaired) electrons. The van der Waals surface area contributed by atoms with Crippen LogP contribution >= 0.6 is 0 Å². The lowest BCUT2D eigenvalue weighted by Gasteiger charge is -2.36. The van der Waals surface area contributed by atoms with E-state index in [1.165, 1.54) is 0 Å². The number of Topliss-reactive ketones (excluding diaryl/α,β-unsaturated/α-hetero) is 1. The Morgan fingerprint density at radius 1 is 1.35 bits per heavy atom. The molecular weight excluding hydrogens is 210 g/mol. The highest BCUT2D eigenvalue weighted by atomic mass is 16.1. The SMILES string of the molecule is CC1(C(C#N)c2ccccc2)CCCC(=O)C1. The molecule has 0 amide bonds. The predicted molar refractivity (Wildman–Crippen MR) is 66.4 cm³/mol. The van der Waals surface area contributed by atoms with Crippen molar-refractivity contribution in [2.75, 3.05) is 0 Å². The Labute approximate surface area is 102 Å². The van der Waals surface area contributed by atoms with Crippen molar-refractivity contribution in [1.82, 2.24) is 0 Å². The second-order valence-corrected chi connectivity index (χ2v) is 5.20. The van der Waals surface area contributed by atoms with Gasteiger partial charge in [-0.3, -0.25) is 4.79 Å². The summed E-state index contributed by atoms with van der Waals surface area (Å²) in [6.45, 7) is 2.07. The molecule has 1 saturated carbocycles. The van der Waals surface area contributed by atoms with Gasteiger partial charge in [0, 0.05) is 12.8 Å². The summed E-state index contributed by atoms with van der Waals surface area (Å²) in [6, 6.07) is 12.2. The Morgan fingerprint density at radius 2 is 2.06 bits per heavy atom. The smallest absolute Gasteiger partial charge is 0.133 e. The standard InChI is InChI=1S/C15H17NO/c1-15(9-5-8-13(17)10-15)14(11-16)12-6-3-2-4-7-12/h2-4,6-7,14H,5,8-10H2,1H3. The molecule has 1 aromatic rings. The average molecular weight is 227 g/mol. The van der Waals surface area contributed by atoms with Crippen LogP contribution in [0.1, 0.15) is 44.1 Å². The fourth-order valence-electron chi connectivity index (χ4n) is 2.84. The maximum absolute atomic E-state index is 11.6. The summed E-state index contributed by atoms with van der Waals surface area (Å²) in [7, 11) is 0. The Balaban J connectivity index is 2.30. The van der Waals surface area contributed by atoms with Crippen LogP contribution in [-0.4, -0.2) is 5.78 Å². The zero-order valence-electron chi connectivity index (χ0n) is 10.1. The molecule has 2 rings (SSSR count). The number of hydrogen-bond donors (Lipinski definition) is 0. The largest absolute Gasteiger partial charge is 0.300 e. The molecule has 17 heavy (non-hydrogen) atoms. The molecule has 2 heteroatoms. The van der Waals surface area contributed by atoms with Gasteiger partial charge in [0.1, 0.15) is 5.78 Å². The molecule has 1 aliphatic carbocycles. The zero-order chi connectivity index (χ0) is 12.3. The first-order valence-corrected chi connectivity index (χ1v) is 6.12. The summed E-state index contributed by atoms with van der Waals surface area (Å²) in [5, 5.41) is 9.42. The average Bonchev–Trinajstić information content (AvgIpc) is 2.30. The molecule has 1 aromatic carbocycles. The van der Waals surface area contributed by atoms with Crippen molar-refractivity contribution in [2.24, 2.45) is 5.41 Å². The third kappa shape index (κ3) is 2.39. The van der Waals surface area contributed by atoms with Crippen LogP contribution in [0.25, 0.3) is 0 Å². The number of rotatable bonds is 2. The third-order valence-corrected chi connectivity index (χ3v) is 3.76. The molecule has 88 valence electrons. The van der Waals surface area contributed by atoms with Crippen LogP contribution in [0.15, 0.2) is 30.3 Å². The van der Waals surface area contributed by atoms with Gasteiger partial charge in [0.2, 0.25) is 0 Å². The van der Waals surface area contributed by atoms with Crippen molar-refractivity contribution in [3.05, 3.63) is 35.9 Å². The van der Waals surface area contributed by atoms with Gasteiger partial charge in [-0.05, 0) is 23.8 Å². The molecule has 0 heterocycles. The number of carbonyl (C=O) groups excluding carboxylic acids is 1. The first kappa shape index (κ1) is 11.9. The van der Waals surface area contributed by atoms with Crippen LogP contribution in [0.4, 0.5) is 0 Å². The molecule has 0 aromatic heterocycles. The van der Waals surface area contributed by atoms with Gasteiger partial charge in [-0.15, -0.1) is 0 Å². The first-order valence-electron chi connectivity index (χ1n) is 6.12. The van der Waals surface area contributed by atoms with Gasteiger partial charge < -0.3 is 0 Å². The van der Waals surface area contributed by atoms with Gasteiger partial charge in [0.15, 0.2) is 0 Å². The zero-order valence-corrected chi connectivity index (χ0v) is 10.1. The lowest BCUT2D eigenvalue weighted by molar-refractivity contribution is -0.123. The van der Waals surface area contributed by atoms with Crippen LogP contribution in [0.5, 0.6) is 0 Å². The second-order valence-electron chi connectivity index (χ2n) is 5.20. The highest BCUT2D eigenvalue weighted by Gasteiger charge is 2.39. The Morgan fingerprint density at radius 3 is 2.65 bits per heavy atom. The van der Waals surface area contributed by atoms with Crippen molar-refractivity contribution in [3.8, 4) is 6.07 Å². The summed E-state index contributed by atoms with van der Waals surface area (Å²) >= 11 is 0. The maximum atomic E-state index is 11.6. The molecular formula is C15H17NO. The van der Waals surface area contributed by atoms with Crippen LogP contribution < -0.4 is 0 Å². The summed E-state index contributed by atoms with van der Waals surface area (Å²) < 4.78 is 0. The number of nitriles is 1. The van der Waals surface area contributed by atoms with E-state index in [2.05, 4.69) is 13.0 Å². The van der Waals surface area contributed by atoms with E-state index in [0.717, 1.165) is 18.4 Å². The van der Waals surface area contributed by atoms with E-state index < -0.39 is 0 Å². The van der Waals surface area contributed by atoms with Crippen molar-refractivity contribution < 1.29 is 4.79 Å². The number of nitrogens with zero attached hydrogens (tertiary/aromatic N) is 1. The molecule has 0 saturated heterocycles. The van der Waals surface area contributed by atoms with E-state index in [1.807, 2.05) is 30.3 Å². The molecule has 1 aliphatic rings. The summed E-state index contributed by atoms with van der Waals surface area (Å²) in [6.07, 6.45) is 3.11. The maximum Gasteiger partial charge on any atom is 0.133 e. The molecule has 1 fully saturated rings. The topological polar surface area (TPSA) is 40.9 Å². The summed E-state index contributed by atoms with van der Waals surface area (Å²) in [4.78, 5) is 11.6. The molecule has 0 spiro atoms. The highest BCUT2D eigenvalue weighted by Crippen LogP contribution is 2.45. The quantitative estimate of drug-likeness (QED) is 0.776. The second kappa shape index (κ2) is 4.71. The molecule has 0 aliphatic heterocycles. The van der Waals surface area contributed by atoms with Crippen LogP contribution in [0.2, 0.25) is 0 Å². The Kier molecular flexibility index (Phi) is 3.28. The molecule has 2 nitrogen and oxygen atoms in total. The Hall–Kier alpha value is -1.62. The van der Waals surface area contributed by atoms with Gasteiger partial charge in [-0.2, -0.15) is 5.26 Å². The van der Waals surface area contributed by atoms with Crippen LogP contribution in [0.3, 0.4) is 0 Å². The van der Waals surface area contributed by atoms with Gasteiger partial charge >= 0.3 is 0 Å². The number of hydrogen-bond acceptors (Lipinski definition) is 2.